The first-order chi connectivity index (χ1) is 12.2. The van der Waals surface area contributed by atoms with Gasteiger partial charge in [-0.2, -0.15) is 0 Å². The van der Waals surface area contributed by atoms with Crippen molar-refractivity contribution in [2.45, 2.75) is 59.3 Å². The zero-order chi connectivity index (χ0) is 19.5. The van der Waals surface area contributed by atoms with Crippen molar-refractivity contribution in [2.75, 3.05) is 0 Å². The topological polar surface area (TPSA) is 27.1 Å². The number of benzene rings is 1. The second kappa shape index (κ2) is 8.52. The first-order valence-electron chi connectivity index (χ1n) is 9.06. The number of aryl methyl sites for hydroxylation is 2. The molecule has 0 bridgehead atoms. The van der Waals surface area contributed by atoms with E-state index in [1.807, 2.05) is 12.1 Å². The third kappa shape index (κ3) is 5.07. The van der Waals surface area contributed by atoms with Gasteiger partial charge in [-0.1, -0.05) is 42.4 Å². The molecule has 0 fully saturated rings. The summed E-state index contributed by atoms with van der Waals surface area (Å²) in [5, 5.41) is 0. The molecule has 1 heterocycles. The summed E-state index contributed by atoms with van der Waals surface area (Å²) in [4.78, 5) is 4.82. The predicted octanol–water partition coefficient (Wildman–Crippen LogP) is 6.17. The van der Waals surface area contributed by atoms with Gasteiger partial charge in [-0.05, 0) is 44.6 Å². The quantitative estimate of drug-likeness (QED) is 0.363. The van der Waals surface area contributed by atoms with Crippen LogP contribution in [0.5, 0.6) is 0 Å². The number of imidazole rings is 1. The van der Waals surface area contributed by atoms with Gasteiger partial charge in [-0.15, -0.1) is 0 Å². The molecule has 1 aromatic carbocycles. The van der Waals surface area contributed by atoms with Gasteiger partial charge in [0, 0.05) is 16.5 Å². The minimum atomic E-state index is -1.80. The lowest BCUT2D eigenvalue weighted by Gasteiger charge is -2.23. The van der Waals surface area contributed by atoms with Gasteiger partial charge in [0.25, 0.3) is 0 Å². The molecule has 26 heavy (non-hydrogen) atoms. The van der Waals surface area contributed by atoms with Crippen molar-refractivity contribution < 1.29 is 8.82 Å². The molecular formula is C20H28BrFN2OSi. The zero-order valence-corrected chi connectivity index (χ0v) is 18.9. The first-order valence-corrected chi connectivity index (χ1v) is 13.3. The highest BCUT2D eigenvalue weighted by atomic mass is 79.9. The zero-order valence-electron chi connectivity index (χ0n) is 16.3. The van der Waals surface area contributed by atoms with Crippen molar-refractivity contribution in [3.63, 3.8) is 0 Å². The SMILES string of the molecule is C=C(O[Si](C)(C)C)c1c(CC)nc(CCC)n1Cc1ccc(Br)cc1F. The van der Waals surface area contributed by atoms with Crippen LogP contribution in [0.15, 0.2) is 29.3 Å². The Labute approximate surface area is 165 Å². The lowest BCUT2D eigenvalue weighted by molar-refractivity contribution is 0.503. The highest BCUT2D eigenvalue weighted by molar-refractivity contribution is 9.10. The van der Waals surface area contributed by atoms with E-state index in [4.69, 9.17) is 9.41 Å². The van der Waals surface area contributed by atoms with Crippen molar-refractivity contribution in [3.05, 3.63) is 57.8 Å². The van der Waals surface area contributed by atoms with Gasteiger partial charge in [0.05, 0.1) is 12.2 Å². The van der Waals surface area contributed by atoms with Crippen LogP contribution in [-0.2, 0) is 23.8 Å². The van der Waals surface area contributed by atoms with E-state index >= 15 is 0 Å². The number of halogens is 2. The molecule has 0 aliphatic carbocycles. The molecule has 0 aliphatic rings. The van der Waals surface area contributed by atoms with Crippen molar-refractivity contribution >= 4 is 30.0 Å². The third-order valence-electron chi connectivity index (χ3n) is 3.96. The Morgan fingerprint density at radius 2 is 2.00 bits per heavy atom. The van der Waals surface area contributed by atoms with E-state index < -0.39 is 8.32 Å². The average Bonchev–Trinajstić information content (AvgIpc) is 2.86. The molecule has 3 nitrogen and oxygen atoms in total. The smallest absolute Gasteiger partial charge is 0.242 e. The largest absolute Gasteiger partial charge is 0.543 e. The average molecular weight is 439 g/mol. The summed E-state index contributed by atoms with van der Waals surface area (Å²) in [6.07, 6.45) is 2.60. The number of hydrogen-bond acceptors (Lipinski definition) is 2. The van der Waals surface area contributed by atoms with Crippen LogP contribution in [0, 0.1) is 5.82 Å². The van der Waals surface area contributed by atoms with Gasteiger partial charge < -0.3 is 8.99 Å². The van der Waals surface area contributed by atoms with Crippen LogP contribution in [0.25, 0.3) is 5.76 Å². The Kier molecular flexibility index (Phi) is 6.85. The minimum Gasteiger partial charge on any atom is -0.543 e. The molecule has 0 amide bonds. The molecular weight excluding hydrogens is 411 g/mol. The van der Waals surface area contributed by atoms with Gasteiger partial charge in [0.2, 0.25) is 8.32 Å². The van der Waals surface area contributed by atoms with E-state index in [1.165, 1.54) is 6.07 Å². The number of rotatable bonds is 8. The molecule has 0 saturated heterocycles. The molecule has 0 aliphatic heterocycles. The van der Waals surface area contributed by atoms with Gasteiger partial charge in [-0.3, -0.25) is 0 Å². The van der Waals surface area contributed by atoms with Gasteiger partial charge >= 0.3 is 0 Å². The minimum absolute atomic E-state index is 0.226. The van der Waals surface area contributed by atoms with Crippen LogP contribution >= 0.6 is 15.9 Å². The van der Waals surface area contributed by atoms with Crippen molar-refractivity contribution in [1.82, 2.24) is 9.55 Å². The summed E-state index contributed by atoms with van der Waals surface area (Å²) < 4.78 is 23.4. The molecule has 2 aromatic rings. The summed E-state index contributed by atoms with van der Waals surface area (Å²) in [5.74, 6) is 1.38. The summed E-state index contributed by atoms with van der Waals surface area (Å²) in [7, 11) is -1.80. The lowest BCUT2D eigenvalue weighted by atomic mass is 10.2. The highest BCUT2D eigenvalue weighted by Gasteiger charge is 2.24. The van der Waals surface area contributed by atoms with E-state index in [0.717, 1.165) is 40.9 Å². The summed E-state index contributed by atoms with van der Waals surface area (Å²) >= 11 is 3.32. The van der Waals surface area contributed by atoms with Crippen LogP contribution in [0.1, 0.15) is 43.0 Å². The monoisotopic (exact) mass is 438 g/mol. The van der Waals surface area contributed by atoms with Crippen molar-refractivity contribution in [2.24, 2.45) is 0 Å². The third-order valence-corrected chi connectivity index (χ3v) is 5.32. The Morgan fingerprint density at radius 3 is 2.54 bits per heavy atom. The fraction of sp³-hybridized carbons (Fsp3) is 0.450. The molecule has 6 heteroatoms. The number of aromatic nitrogens is 2. The first kappa shape index (κ1) is 20.9. The maximum atomic E-state index is 14.4. The molecule has 0 unspecified atom stereocenters. The second-order valence-corrected chi connectivity index (χ2v) is 12.7. The van der Waals surface area contributed by atoms with E-state index in [-0.39, 0.29) is 5.82 Å². The predicted molar refractivity (Wildman–Crippen MR) is 112 cm³/mol. The highest BCUT2D eigenvalue weighted by Crippen LogP contribution is 2.27. The maximum absolute atomic E-state index is 14.4. The van der Waals surface area contributed by atoms with Gasteiger partial charge in [-0.25, -0.2) is 9.37 Å². The van der Waals surface area contributed by atoms with Crippen LogP contribution in [0.4, 0.5) is 4.39 Å². The Hall–Kier alpha value is -1.40. The maximum Gasteiger partial charge on any atom is 0.242 e. The van der Waals surface area contributed by atoms with Crippen LogP contribution in [0.2, 0.25) is 19.6 Å². The van der Waals surface area contributed by atoms with E-state index in [1.54, 1.807) is 0 Å². The fourth-order valence-electron chi connectivity index (χ4n) is 2.93. The Bertz CT molecular complexity index is 796. The van der Waals surface area contributed by atoms with Gasteiger partial charge in [0.15, 0.2) is 0 Å². The second-order valence-electron chi connectivity index (χ2n) is 7.39. The molecule has 0 saturated carbocycles. The van der Waals surface area contributed by atoms with Crippen LogP contribution in [0.3, 0.4) is 0 Å². The van der Waals surface area contributed by atoms with Gasteiger partial charge in [0.1, 0.15) is 23.1 Å². The van der Waals surface area contributed by atoms with E-state index in [0.29, 0.717) is 17.9 Å². The lowest BCUT2D eigenvalue weighted by Crippen LogP contribution is -2.25. The molecule has 142 valence electrons. The van der Waals surface area contributed by atoms with Crippen molar-refractivity contribution in [1.29, 1.82) is 0 Å². The molecule has 0 N–H and O–H groups in total. The fourth-order valence-corrected chi connectivity index (χ4v) is 4.10. The van der Waals surface area contributed by atoms with E-state index in [2.05, 4.69) is 60.6 Å². The molecule has 0 atom stereocenters. The van der Waals surface area contributed by atoms with Crippen LogP contribution in [-0.4, -0.2) is 17.9 Å². The standard InChI is InChI=1S/C20H28BrFN2OSi/c1-7-9-19-23-18(8-2)20(14(3)25-26(4,5)6)24(19)13-15-10-11-16(21)12-17(15)22/h10-12H,3,7-9,13H2,1-2,4-6H3. The summed E-state index contributed by atoms with van der Waals surface area (Å²) in [6, 6.07) is 5.18. The molecule has 0 spiro atoms. The Balaban J connectivity index is 2.53. The summed E-state index contributed by atoms with van der Waals surface area (Å²) in [6.45, 7) is 15.2. The number of nitrogens with zero attached hydrogens (tertiary/aromatic N) is 2. The molecule has 2 rings (SSSR count). The normalized spacial score (nSPS) is 11.7. The van der Waals surface area contributed by atoms with Crippen molar-refractivity contribution in [3.8, 4) is 0 Å². The van der Waals surface area contributed by atoms with Crippen LogP contribution < -0.4 is 0 Å². The molecule has 0 radical (unpaired) electrons. The Morgan fingerprint density at radius 1 is 1.31 bits per heavy atom. The van der Waals surface area contributed by atoms with E-state index in [9.17, 15) is 4.39 Å². The summed E-state index contributed by atoms with van der Waals surface area (Å²) in [5.41, 5.74) is 2.50. The number of hydrogen-bond donors (Lipinski definition) is 0. The molecule has 1 aromatic heterocycles.